The number of carbonyl (C=O) groups excluding carboxylic acids is 1. The van der Waals surface area contributed by atoms with E-state index in [1.54, 1.807) is 6.20 Å². The number of hydrogen-bond acceptors (Lipinski definition) is 2. The minimum Gasteiger partial charge on any atom is -0.320 e. The molecule has 1 heterocycles. The fraction of sp³-hybridized carbons (Fsp3) is 0.250. The Balaban J connectivity index is 2.76. The molecule has 0 atom stereocenters. The predicted molar refractivity (Wildman–Crippen MR) is 76.3 cm³/mol. The van der Waals surface area contributed by atoms with Crippen molar-refractivity contribution in [1.29, 1.82) is 0 Å². The van der Waals surface area contributed by atoms with Crippen molar-refractivity contribution in [2.24, 2.45) is 0 Å². The first kappa shape index (κ1) is 13.3. The topological polar surface area (TPSA) is 39.1 Å². The monoisotopic (exact) mass is 255 g/mol. The van der Waals surface area contributed by atoms with E-state index in [2.05, 4.69) is 0 Å². The highest BCUT2D eigenvalue weighted by Gasteiger charge is 2.11. The minimum atomic E-state index is -0.216. The molecule has 2 rings (SSSR count). The third-order valence-corrected chi connectivity index (χ3v) is 3.46. The van der Waals surface area contributed by atoms with Crippen molar-refractivity contribution in [2.45, 2.75) is 27.7 Å². The van der Waals surface area contributed by atoms with E-state index >= 15 is 0 Å². The second kappa shape index (κ2) is 4.84. The summed E-state index contributed by atoms with van der Waals surface area (Å²) < 4.78 is 1.90. The van der Waals surface area contributed by atoms with Gasteiger partial charge in [0.2, 0.25) is 0 Å². The molecule has 2 aromatic rings. The number of aryl methyl sites for hydroxylation is 2. The molecule has 0 fully saturated rings. The smallest absolute Gasteiger partial charge is 0.192 e. The van der Waals surface area contributed by atoms with Gasteiger partial charge in [-0.15, -0.1) is 0 Å². The van der Waals surface area contributed by atoms with Crippen molar-refractivity contribution < 1.29 is 4.79 Å². The van der Waals surface area contributed by atoms with Gasteiger partial charge in [0.25, 0.3) is 0 Å². The quantitative estimate of drug-likeness (QED) is 0.774. The summed E-state index contributed by atoms with van der Waals surface area (Å²) in [6.07, 6.45) is 1.64. The molecule has 19 heavy (non-hydrogen) atoms. The number of nitrogens with zero attached hydrogens (tertiary/aromatic N) is 1. The minimum absolute atomic E-state index is 0.205. The van der Waals surface area contributed by atoms with Crippen LogP contribution in [0.15, 0.2) is 35.3 Å². The Labute approximate surface area is 112 Å². The number of ketones is 1. The normalized spacial score (nSPS) is 10.5. The van der Waals surface area contributed by atoms with E-state index in [9.17, 15) is 9.59 Å². The van der Waals surface area contributed by atoms with Crippen LogP contribution in [-0.4, -0.2) is 10.4 Å². The first-order valence-corrected chi connectivity index (χ1v) is 6.22. The van der Waals surface area contributed by atoms with Gasteiger partial charge in [-0.2, -0.15) is 0 Å². The van der Waals surface area contributed by atoms with Crippen LogP contribution in [0.3, 0.4) is 0 Å². The van der Waals surface area contributed by atoms with Gasteiger partial charge >= 0.3 is 0 Å². The van der Waals surface area contributed by atoms with Gasteiger partial charge in [-0.05, 0) is 44.9 Å². The summed E-state index contributed by atoms with van der Waals surface area (Å²) in [5.74, 6) is -0.205. The Morgan fingerprint density at radius 3 is 2.47 bits per heavy atom. The Morgan fingerprint density at radius 1 is 1.16 bits per heavy atom. The highest BCUT2D eigenvalue weighted by atomic mass is 16.1. The molecule has 0 aliphatic rings. The van der Waals surface area contributed by atoms with Crippen molar-refractivity contribution in [1.82, 2.24) is 4.57 Å². The SMILES string of the molecule is CC(=O)c1cn(-c2cccc(C)c2C)c(C)cc1=O. The second-order valence-corrected chi connectivity index (χ2v) is 4.84. The van der Waals surface area contributed by atoms with Gasteiger partial charge in [-0.3, -0.25) is 9.59 Å². The van der Waals surface area contributed by atoms with E-state index in [0.29, 0.717) is 0 Å². The Hall–Kier alpha value is -2.16. The van der Waals surface area contributed by atoms with Crippen LogP contribution in [0.1, 0.15) is 34.1 Å². The maximum atomic E-state index is 11.8. The largest absolute Gasteiger partial charge is 0.320 e. The van der Waals surface area contributed by atoms with Crippen LogP contribution < -0.4 is 5.43 Å². The molecule has 0 unspecified atom stereocenters. The molecule has 0 N–H and O–H groups in total. The Kier molecular flexibility index (Phi) is 3.38. The lowest BCUT2D eigenvalue weighted by Crippen LogP contribution is -2.17. The first-order valence-electron chi connectivity index (χ1n) is 6.22. The van der Waals surface area contributed by atoms with E-state index < -0.39 is 0 Å². The lowest BCUT2D eigenvalue weighted by molar-refractivity contribution is 0.101. The molecule has 0 aliphatic heterocycles. The summed E-state index contributed by atoms with van der Waals surface area (Å²) in [6, 6.07) is 7.52. The summed E-state index contributed by atoms with van der Waals surface area (Å²) in [4.78, 5) is 23.3. The predicted octanol–water partition coefficient (Wildman–Crippen LogP) is 2.97. The van der Waals surface area contributed by atoms with Crippen LogP contribution in [0.5, 0.6) is 0 Å². The van der Waals surface area contributed by atoms with Gasteiger partial charge < -0.3 is 4.57 Å². The number of pyridine rings is 1. The summed E-state index contributed by atoms with van der Waals surface area (Å²) in [7, 11) is 0. The molecule has 0 bridgehead atoms. The van der Waals surface area contributed by atoms with Crippen LogP contribution in [-0.2, 0) is 0 Å². The van der Waals surface area contributed by atoms with Crippen LogP contribution in [0.4, 0.5) is 0 Å². The van der Waals surface area contributed by atoms with Crippen LogP contribution in [0.25, 0.3) is 5.69 Å². The first-order chi connectivity index (χ1) is 8.91. The number of hydrogen-bond donors (Lipinski definition) is 0. The Bertz CT molecular complexity index is 711. The van der Waals surface area contributed by atoms with Gasteiger partial charge in [0, 0.05) is 23.6 Å². The van der Waals surface area contributed by atoms with Gasteiger partial charge in [-0.25, -0.2) is 0 Å². The lowest BCUT2D eigenvalue weighted by atomic mass is 10.1. The van der Waals surface area contributed by atoms with E-state index in [0.717, 1.165) is 16.9 Å². The zero-order valence-electron chi connectivity index (χ0n) is 11.7. The molecule has 0 amide bonds. The molecule has 0 spiro atoms. The van der Waals surface area contributed by atoms with E-state index in [1.807, 2.05) is 43.5 Å². The van der Waals surface area contributed by atoms with E-state index in [-0.39, 0.29) is 16.8 Å². The van der Waals surface area contributed by atoms with Crippen molar-refractivity contribution in [3.05, 3.63) is 63.1 Å². The molecule has 3 nitrogen and oxygen atoms in total. The average molecular weight is 255 g/mol. The summed E-state index contributed by atoms with van der Waals surface area (Å²) in [6.45, 7) is 7.37. The van der Waals surface area contributed by atoms with E-state index in [4.69, 9.17) is 0 Å². The summed E-state index contributed by atoms with van der Waals surface area (Å²) >= 11 is 0. The zero-order chi connectivity index (χ0) is 14.2. The standard InChI is InChI=1S/C16H17NO2/c1-10-6-5-7-15(12(10)3)17-9-14(13(4)18)16(19)8-11(17)2/h5-9H,1-4H3. The van der Waals surface area contributed by atoms with Gasteiger partial charge in [0.05, 0.1) is 5.56 Å². The number of benzene rings is 1. The highest BCUT2D eigenvalue weighted by Crippen LogP contribution is 2.19. The molecular formula is C16H17NO2. The summed E-state index contributed by atoms with van der Waals surface area (Å²) in [5.41, 5.74) is 4.16. The van der Waals surface area contributed by atoms with Crippen molar-refractivity contribution >= 4 is 5.78 Å². The number of aromatic nitrogens is 1. The van der Waals surface area contributed by atoms with Crippen molar-refractivity contribution in [3.63, 3.8) is 0 Å². The highest BCUT2D eigenvalue weighted by molar-refractivity contribution is 5.93. The molecule has 0 saturated heterocycles. The molecular weight excluding hydrogens is 238 g/mol. The third kappa shape index (κ3) is 2.36. The molecule has 1 aromatic heterocycles. The third-order valence-electron chi connectivity index (χ3n) is 3.46. The maximum absolute atomic E-state index is 11.8. The molecule has 1 aromatic carbocycles. The molecule has 98 valence electrons. The second-order valence-electron chi connectivity index (χ2n) is 4.84. The van der Waals surface area contributed by atoms with Crippen LogP contribution >= 0.6 is 0 Å². The molecule has 3 heteroatoms. The number of rotatable bonds is 2. The van der Waals surface area contributed by atoms with Gasteiger partial charge in [0.1, 0.15) is 0 Å². The fourth-order valence-electron chi connectivity index (χ4n) is 2.15. The van der Waals surface area contributed by atoms with Crippen LogP contribution in [0, 0.1) is 20.8 Å². The van der Waals surface area contributed by atoms with Gasteiger partial charge in [0.15, 0.2) is 11.2 Å². The molecule has 0 saturated carbocycles. The molecule has 0 aliphatic carbocycles. The van der Waals surface area contributed by atoms with Gasteiger partial charge in [-0.1, -0.05) is 12.1 Å². The zero-order valence-corrected chi connectivity index (χ0v) is 11.7. The average Bonchev–Trinajstić information content (AvgIpc) is 2.33. The Morgan fingerprint density at radius 2 is 1.84 bits per heavy atom. The van der Waals surface area contributed by atoms with Crippen LogP contribution in [0.2, 0.25) is 0 Å². The van der Waals surface area contributed by atoms with Crippen molar-refractivity contribution in [3.8, 4) is 5.69 Å². The maximum Gasteiger partial charge on any atom is 0.192 e. The lowest BCUT2D eigenvalue weighted by Gasteiger charge is -2.15. The summed E-state index contributed by atoms with van der Waals surface area (Å²) in [5, 5.41) is 0. The number of Topliss-reactive ketones (excluding diaryl/α,β-unsaturated/α-hetero) is 1. The molecule has 0 radical (unpaired) electrons. The van der Waals surface area contributed by atoms with Crippen molar-refractivity contribution in [2.75, 3.05) is 0 Å². The van der Waals surface area contributed by atoms with E-state index in [1.165, 1.54) is 18.6 Å². The number of carbonyl (C=O) groups is 1. The fourth-order valence-corrected chi connectivity index (χ4v) is 2.15.